The first-order chi connectivity index (χ1) is 17.5. The summed E-state index contributed by atoms with van der Waals surface area (Å²) in [7, 11) is 0. The number of fused-ring (bicyclic) bond motifs is 1. The van der Waals surface area contributed by atoms with Crippen LogP contribution in [0, 0.1) is 17.1 Å². The quantitative estimate of drug-likeness (QED) is 0.363. The minimum absolute atomic E-state index is 0.0422. The number of hydrogen-bond donors (Lipinski definition) is 1. The maximum atomic E-state index is 14.9. The molecule has 0 saturated heterocycles. The van der Waals surface area contributed by atoms with Crippen LogP contribution in [0.15, 0.2) is 73.2 Å². The second-order valence-electron chi connectivity index (χ2n) is 7.84. The number of nitrogens with zero attached hydrogens (tertiary/aromatic N) is 6. The number of imidazole rings is 1. The summed E-state index contributed by atoms with van der Waals surface area (Å²) in [5, 5.41) is 9.22. The van der Waals surface area contributed by atoms with Crippen LogP contribution in [0.5, 0.6) is 0 Å². The third kappa shape index (κ3) is 4.45. The molecule has 0 unspecified atom stereocenters. The van der Waals surface area contributed by atoms with Gasteiger partial charge in [-0.1, -0.05) is 36.4 Å². The highest BCUT2D eigenvalue weighted by molar-refractivity contribution is 5.91. The predicted molar refractivity (Wildman–Crippen MR) is 129 cm³/mol. The molecule has 3 aromatic heterocycles. The fraction of sp³-hybridized carbons (Fsp3) is 0.0769. The number of ether oxygens (including phenoxy) is 1. The van der Waals surface area contributed by atoms with E-state index in [1.54, 1.807) is 16.7 Å². The predicted octanol–water partition coefficient (Wildman–Crippen LogP) is 3.89. The summed E-state index contributed by atoms with van der Waals surface area (Å²) in [4.78, 5) is 30.0. The molecule has 2 N–H and O–H groups in total. The number of nitriles is 1. The Morgan fingerprint density at radius 1 is 1.08 bits per heavy atom. The van der Waals surface area contributed by atoms with Crippen molar-refractivity contribution in [2.75, 3.05) is 5.73 Å². The molecule has 2 aromatic carbocycles. The van der Waals surface area contributed by atoms with Gasteiger partial charge in [0.15, 0.2) is 5.65 Å². The van der Waals surface area contributed by atoms with Gasteiger partial charge in [-0.25, -0.2) is 19.2 Å². The molecule has 0 saturated carbocycles. The molecule has 0 fully saturated rings. The standard InChI is InChI=1S/C26H18FN7O2/c27-20-8-4-7-18(25(35)36-14-16-5-2-1-3-6-16)19(20)13-34-15-31-23-22(32-26(29)33-24(23)34)21-11-17(12-28)9-10-30-21/h1-11,15H,13-14H2,(H2,29,32,33). The lowest BCUT2D eigenvalue weighted by Gasteiger charge is -2.12. The van der Waals surface area contributed by atoms with Gasteiger partial charge in [0.1, 0.15) is 23.6 Å². The number of anilines is 1. The van der Waals surface area contributed by atoms with E-state index in [0.717, 1.165) is 5.56 Å². The lowest BCUT2D eigenvalue weighted by atomic mass is 10.1. The third-order valence-corrected chi connectivity index (χ3v) is 5.49. The Balaban J connectivity index is 1.50. The Kier molecular flexibility index (Phi) is 6.03. The molecular weight excluding hydrogens is 461 g/mol. The van der Waals surface area contributed by atoms with Crippen molar-refractivity contribution in [3.63, 3.8) is 0 Å². The van der Waals surface area contributed by atoms with Gasteiger partial charge in [0.2, 0.25) is 5.95 Å². The average molecular weight is 479 g/mol. The van der Waals surface area contributed by atoms with E-state index in [1.807, 2.05) is 30.3 Å². The second-order valence-corrected chi connectivity index (χ2v) is 7.84. The number of pyridine rings is 1. The summed E-state index contributed by atoms with van der Waals surface area (Å²) in [6.45, 7) is 0.00597. The zero-order valence-electron chi connectivity index (χ0n) is 18.8. The van der Waals surface area contributed by atoms with Crippen LogP contribution in [-0.2, 0) is 17.9 Å². The number of nitrogens with two attached hydrogens (primary N) is 1. The van der Waals surface area contributed by atoms with Crippen LogP contribution in [0.2, 0.25) is 0 Å². The smallest absolute Gasteiger partial charge is 0.338 e. The van der Waals surface area contributed by atoms with E-state index >= 15 is 0 Å². The van der Waals surface area contributed by atoms with Crippen molar-refractivity contribution in [3.8, 4) is 17.5 Å². The molecule has 5 rings (SSSR count). The van der Waals surface area contributed by atoms with Crippen molar-refractivity contribution in [1.29, 1.82) is 5.26 Å². The zero-order chi connectivity index (χ0) is 25.1. The van der Waals surface area contributed by atoms with E-state index in [-0.39, 0.29) is 30.2 Å². The van der Waals surface area contributed by atoms with Gasteiger partial charge in [0, 0.05) is 11.8 Å². The maximum absolute atomic E-state index is 14.9. The average Bonchev–Trinajstić information content (AvgIpc) is 3.30. The van der Waals surface area contributed by atoms with Crippen molar-refractivity contribution < 1.29 is 13.9 Å². The first-order valence-electron chi connectivity index (χ1n) is 10.9. The van der Waals surface area contributed by atoms with Crippen molar-refractivity contribution in [1.82, 2.24) is 24.5 Å². The number of halogens is 1. The Labute approximate surface area is 204 Å². The number of carbonyl (C=O) groups excluding carboxylic acids is 1. The van der Waals surface area contributed by atoms with Gasteiger partial charge >= 0.3 is 5.97 Å². The minimum atomic E-state index is -0.648. The first kappa shape index (κ1) is 22.6. The molecular formula is C26H18FN7O2. The van der Waals surface area contributed by atoms with Crippen LogP contribution in [0.4, 0.5) is 10.3 Å². The SMILES string of the molecule is N#Cc1ccnc(-c2nc(N)nc3c2ncn3Cc2c(F)cccc2C(=O)OCc2ccccc2)c1. The number of esters is 1. The summed E-state index contributed by atoms with van der Waals surface area (Å²) in [5.74, 6) is -1.26. The van der Waals surface area contributed by atoms with Crippen molar-refractivity contribution in [3.05, 3.63) is 101 Å². The molecule has 0 spiro atoms. The number of nitrogen functional groups attached to an aromatic ring is 1. The fourth-order valence-electron chi connectivity index (χ4n) is 3.77. The van der Waals surface area contributed by atoms with E-state index in [2.05, 4.69) is 26.0 Å². The number of hydrogen-bond acceptors (Lipinski definition) is 8. The summed E-state index contributed by atoms with van der Waals surface area (Å²) < 4.78 is 21.9. The molecule has 0 amide bonds. The van der Waals surface area contributed by atoms with Gasteiger partial charge in [0.25, 0.3) is 0 Å². The van der Waals surface area contributed by atoms with Crippen LogP contribution < -0.4 is 5.73 Å². The summed E-state index contributed by atoms with van der Waals surface area (Å²) in [6.07, 6.45) is 2.95. The zero-order valence-corrected chi connectivity index (χ0v) is 18.8. The molecule has 5 aromatic rings. The largest absolute Gasteiger partial charge is 0.457 e. The van der Waals surface area contributed by atoms with Gasteiger partial charge in [-0.3, -0.25) is 4.98 Å². The maximum Gasteiger partial charge on any atom is 0.338 e. The second kappa shape index (κ2) is 9.60. The molecule has 10 heteroatoms. The van der Waals surface area contributed by atoms with Gasteiger partial charge in [0.05, 0.1) is 35.8 Å². The summed E-state index contributed by atoms with van der Waals surface area (Å²) >= 11 is 0. The minimum Gasteiger partial charge on any atom is -0.457 e. The molecule has 0 aliphatic rings. The highest BCUT2D eigenvalue weighted by Gasteiger charge is 2.20. The van der Waals surface area contributed by atoms with E-state index in [4.69, 9.17) is 10.5 Å². The Bertz CT molecular complexity index is 1630. The van der Waals surface area contributed by atoms with Crippen LogP contribution in [0.1, 0.15) is 27.0 Å². The third-order valence-electron chi connectivity index (χ3n) is 5.49. The van der Waals surface area contributed by atoms with Crippen LogP contribution in [0.25, 0.3) is 22.6 Å². The van der Waals surface area contributed by atoms with Crippen LogP contribution in [-0.4, -0.2) is 30.5 Å². The van der Waals surface area contributed by atoms with Crippen molar-refractivity contribution >= 4 is 23.1 Å². The Morgan fingerprint density at radius 3 is 2.72 bits per heavy atom. The normalized spacial score (nSPS) is 10.8. The molecule has 0 bridgehead atoms. The number of rotatable bonds is 6. The fourth-order valence-corrected chi connectivity index (χ4v) is 3.77. The highest BCUT2D eigenvalue weighted by Crippen LogP contribution is 2.26. The molecule has 9 nitrogen and oxygen atoms in total. The van der Waals surface area contributed by atoms with E-state index in [1.165, 1.54) is 30.7 Å². The van der Waals surface area contributed by atoms with Gasteiger partial charge in [-0.05, 0) is 29.8 Å². The van der Waals surface area contributed by atoms with Gasteiger partial charge in [-0.15, -0.1) is 0 Å². The molecule has 0 aliphatic carbocycles. The molecule has 176 valence electrons. The lowest BCUT2D eigenvalue weighted by molar-refractivity contribution is 0.0470. The highest BCUT2D eigenvalue weighted by atomic mass is 19.1. The number of benzene rings is 2. The van der Waals surface area contributed by atoms with E-state index < -0.39 is 11.8 Å². The Morgan fingerprint density at radius 2 is 1.92 bits per heavy atom. The number of carbonyl (C=O) groups is 1. The number of aromatic nitrogens is 5. The van der Waals surface area contributed by atoms with Gasteiger partial charge < -0.3 is 15.0 Å². The van der Waals surface area contributed by atoms with Crippen molar-refractivity contribution in [2.24, 2.45) is 0 Å². The van der Waals surface area contributed by atoms with Gasteiger partial charge in [-0.2, -0.15) is 10.2 Å². The molecule has 0 aliphatic heterocycles. The lowest BCUT2D eigenvalue weighted by Crippen LogP contribution is -2.13. The summed E-state index contributed by atoms with van der Waals surface area (Å²) in [5.41, 5.74) is 8.82. The first-order valence-corrected chi connectivity index (χ1v) is 10.9. The molecule has 36 heavy (non-hydrogen) atoms. The molecule has 0 atom stereocenters. The van der Waals surface area contributed by atoms with Crippen LogP contribution >= 0.6 is 0 Å². The topological polar surface area (TPSA) is 133 Å². The van der Waals surface area contributed by atoms with E-state index in [0.29, 0.717) is 28.1 Å². The molecule has 0 radical (unpaired) electrons. The van der Waals surface area contributed by atoms with Crippen LogP contribution in [0.3, 0.4) is 0 Å². The van der Waals surface area contributed by atoms with E-state index in [9.17, 15) is 14.4 Å². The Hall–Kier alpha value is -5.17. The monoisotopic (exact) mass is 479 g/mol. The molecule has 3 heterocycles. The summed E-state index contributed by atoms with van der Waals surface area (Å²) in [6, 6.07) is 18.6. The van der Waals surface area contributed by atoms with Crippen molar-refractivity contribution in [2.45, 2.75) is 13.2 Å².